The Bertz CT molecular complexity index is 909. The summed E-state index contributed by atoms with van der Waals surface area (Å²) >= 11 is 3.52. The molecule has 1 aliphatic rings. The summed E-state index contributed by atoms with van der Waals surface area (Å²) in [4.78, 5) is 26.8. The number of nitrogens with zero attached hydrogens (tertiary/aromatic N) is 1. The summed E-state index contributed by atoms with van der Waals surface area (Å²) in [6, 6.07) is 11.1. The normalized spacial score (nSPS) is 13.2. The minimum atomic E-state index is -0.0930. The first-order valence-corrected chi connectivity index (χ1v) is 11.5. The third-order valence-corrected chi connectivity index (χ3v) is 5.89. The number of ether oxygens (including phenoxy) is 2. The Morgan fingerprint density at radius 3 is 2.23 bits per heavy atom. The lowest BCUT2D eigenvalue weighted by Gasteiger charge is -2.15. The van der Waals surface area contributed by atoms with Gasteiger partial charge < -0.3 is 19.7 Å². The highest BCUT2D eigenvalue weighted by Crippen LogP contribution is 2.34. The van der Waals surface area contributed by atoms with E-state index < -0.39 is 0 Å². The molecule has 1 aliphatic heterocycles. The second kappa shape index (κ2) is 11.2. The van der Waals surface area contributed by atoms with Crippen LogP contribution in [-0.4, -0.2) is 43.0 Å². The number of carbonyl (C=O) groups is 2. The standard InChI is InChI=1S/C24H29BrN2O4/c1-3-30-21-13-19(20(25)15-22(21)31-4-2)14-23(28)26-16-17-7-9-18(10-8-17)24(29)27-11-5-6-12-27/h7-10,13,15H,3-6,11-12,14,16H2,1-2H3,(H,26,28). The van der Waals surface area contributed by atoms with E-state index in [0.29, 0.717) is 36.8 Å². The van der Waals surface area contributed by atoms with E-state index in [1.165, 1.54) is 0 Å². The Morgan fingerprint density at radius 2 is 1.61 bits per heavy atom. The van der Waals surface area contributed by atoms with Crippen molar-refractivity contribution in [3.05, 3.63) is 57.6 Å². The minimum absolute atomic E-state index is 0.0820. The Balaban J connectivity index is 1.57. The maximum Gasteiger partial charge on any atom is 0.253 e. The smallest absolute Gasteiger partial charge is 0.253 e. The number of likely N-dealkylation sites (tertiary alicyclic amines) is 1. The molecule has 3 rings (SSSR count). The molecular formula is C24H29BrN2O4. The monoisotopic (exact) mass is 488 g/mol. The van der Waals surface area contributed by atoms with Crippen molar-refractivity contribution in [2.24, 2.45) is 0 Å². The first-order chi connectivity index (χ1) is 15.0. The number of halogens is 1. The average Bonchev–Trinajstić information content (AvgIpc) is 3.30. The maximum atomic E-state index is 12.5. The molecule has 166 valence electrons. The minimum Gasteiger partial charge on any atom is -0.490 e. The van der Waals surface area contributed by atoms with Crippen molar-refractivity contribution < 1.29 is 19.1 Å². The Labute approximate surface area is 192 Å². The highest BCUT2D eigenvalue weighted by Gasteiger charge is 2.19. The lowest BCUT2D eigenvalue weighted by atomic mass is 10.1. The molecule has 2 aromatic carbocycles. The van der Waals surface area contributed by atoms with Gasteiger partial charge in [0.25, 0.3) is 5.91 Å². The first kappa shape index (κ1) is 23.1. The number of nitrogens with one attached hydrogen (secondary N) is 1. The van der Waals surface area contributed by atoms with Gasteiger partial charge in [-0.1, -0.05) is 28.1 Å². The first-order valence-electron chi connectivity index (χ1n) is 10.7. The highest BCUT2D eigenvalue weighted by molar-refractivity contribution is 9.10. The maximum absolute atomic E-state index is 12.5. The topological polar surface area (TPSA) is 67.9 Å². The van der Waals surface area contributed by atoms with Gasteiger partial charge in [-0.05, 0) is 62.1 Å². The number of rotatable bonds is 9. The molecule has 31 heavy (non-hydrogen) atoms. The third-order valence-electron chi connectivity index (χ3n) is 5.15. The van der Waals surface area contributed by atoms with Gasteiger partial charge in [-0.3, -0.25) is 9.59 Å². The molecule has 0 saturated carbocycles. The van der Waals surface area contributed by atoms with Crippen molar-refractivity contribution in [1.29, 1.82) is 0 Å². The van der Waals surface area contributed by atoms with Crippen LogP contribution in [0.5, 0.6) is 11.5 Å². The fourth-order valence-electron chi connectivity index (χ4n) is 3.55. The summed E-state index contributed by atoms with van der Waals surface area (Å²) in [5.74, 6) is 1.28. The largest absolute Gasteiger partial charge is 0.490 e. The van der Waals surface area contributed by atoms with Gasteiger partial charge in [0, 0.05) is 29.7 Å². The number of hydrogen-bond donors (Lipinski definition) is 1. The molecule has 0 unspecified atom stereocenters. The van der Waals surface area contributed by atoms with Crippen molar-refractivity contribution in [2.75, 3.05) is 26.3 Å². The van der Waals surface area contributed by atoms with Crippen LogP contribution in [0.4, 0.5) is 0 Å². The molecule has 6 nitrogen and oxygen atoms in total. The number of carbonyl (C=O) groups excluding carboxylic acids is 2. The van der Waals surface area contributed by atoms with E-state index in [4.69, 9.17) is 9.47 Å². The Hall–Kier alpha value is -2.54. The van der Waals surface area contributed by atoms with Gasteiger partial charge in [-0.15, -0.1) is 0 Å². The van der Waals surface area contributed by atoms with Crippen LogP contribution < -0.4 is 14.8 Å². The van der Waals surface area contributed by atoms with Gasteiger partial charge in [-0.2, -0.15) is 0 Å². The van der Waals surface area contributed by atoms with Crippen LogP contribution in [-0.2, 0) is 17.8 Å². The van der Waals surface area contributed by atoms with E-state index in [9.17, 15) is 9.59 Å². The molecule has 0 spiro atoms. The molecule has 0 aliphatic carbocycles. The third kappa shape index (κ3) is 6.23. The van der Waals surface area contributed by atoms with Gasteiger partial charge >= 0.3 is 0 Å². The molecule has 0 bridgehead atoms. The zero-order chi connectivity index (χ0) is 22.2. The molecule has 7 heteroatoms. The van der Waals surface area contributed by atoms with Gasteiger partial charge in [0.2, 0.25) is 5.91 Å². The molecule has 1 N–H and O–H groups in total. The van der Waals surface area contributed by atoms with Gasteiger partial charge in [0.1, 0.15) is 0 Å². The summed E-state index contributed by atoms with van der Waals surface area (Å²) in [5, 5.41) is 2.94. The van der Waals surface area contributed by atoms with Crippen LogP contribution in [0.2, 0.25) is 0 Å². The summed E-state index contributed by atoms with van der Waals surface area (Å²) in [6.45, 7) is 6.96. The van der Waals surface area contributed by atoms with Crippen molar-refractivity contribution in [3.63, 3.8) is 0 Å². The quantitative estimate of drug-likeness (QED) is 0.569. The van der Waals surface area contributed by atoms with E-state index in [1.54, 1.807) is 0 Å². The van der Waals surface area contributed by atoms with Gasteiger partial charge in [-0.25, -0.2) is 0 Å². The van der Waals surface area contributed by atoms with E-state index in [0.717, 1.165) is 41.5 Å². The molecular weight excluding hydrogens is 460 g/mol. The predicted octanol–water partition coefficient (Wildman–Crippen LogP) is 4.34. The Kier molecular flexibility index (Phi) is 8.35. The van der Waals surface area contributed by atoms with Crippen LogP contribution in [0.1, 0.15) is 48.2 Å². The number of hydrogen-bond acceptors (Lipinski definition) is 4. The van der Waals surface area contributed by atoms with Crippen LogP contribution in [0.3, 0.4) is 0 Å². The molecule has 0 radical (unpaired) electrons. The zero-order valence-corrected chi connectivity index (χ0v) is 19.7. The highest BCUT2D eigenvalue weighted by atomic mass is 79.9. The molecule has 1 fully saturated rings. The van der Waals surface area contributed by atoms with Crippen LogP contribution in [0.15, 0.2) is 40.9 Å². The second-order valence-corrected chi connectivity index (χ2v) is 8.26. The number of benzene rings is 2. The van der Waals surface area contributed by atoms with E-state index in [2.05, 4.69) is 21.2 Å². The molecule has 2 amide bonds. The fraction of sp³-hybridized carbons (Fsp3) is 0.417. The SMILES string of the molecule is CCOc1cc(Br)c(CC(=O)NCc2ccc(C(=O)N3CCCC3)cc2)cc1OCC. The van der Waals surface area contributed by atoms with Gasteiger partial charge in [0.05, 0.1) is 19.6 Å². The van der Waals surface area contributed by atoms with Crippen molar-refractivity contribution >= 4 is 27.7 Å². The van der Waals surface area contributed by atoms with Crippen LogP contribution in [0.25, 0.3) is 0 Å². The van der Waals surface area contributed by atoms with Crippen molar-refractivity contribution in [2.45, 2.75) is 39.7 Å². The Morgan fingerprint density at radius 1 is 1.00 bits per heavy atom. The molecule has 1 heterocycles. The van der Waals surface area contributed by atoms with Crippen LogP contribution >= 0.6 is 15.9 Å². The number of amides is 2. The second-order valence-electron chi connectivity index (χ2n) is 7.41. The molecule has 0 aromatic heterocycles. The summed E-state index contributed by atoms with van der Waals surface area (Å²) in [5.41, 5.74) is 2.47. The van der Waals surface area contributed by atoms with Crippen LogP contribution in [0, 0.1) is 0 Å². The predicted molar refractivity (Wildman–Crippen MR) is 124 cm³/mol. The summed E-state index contributed by atoms with van der Waals surface area (Å²) < 4.78 is 12.1. The molecule has 0 atom stereocenters. The van der Waals surface area contributed by atoms with E-state index in [-0.39, 0.29) is 18.2 Å². The van der Waals surface area contributed by atoms with Gasteiger partial charge in [0.15, 0.2) is 11.5 Å². The van der Waals surface area contributed by atoms with Crippen molar-refractivity contribution in [3.8, 4) is 11.5 Å². The zero-order valence-electron chi connectivity index (χ0n) is 18.1. The van der Waals surface area contributed by atoms with E-state index in [1.807, 2.05) is 55.1 Å². The lowest BCUT2D eigenvalue weighted by Crippen LogP contribution is -2.27. The average molecular weight is 489 g/mol. The molecule has 2 aromatic rings. The summed E-state index contributed by atoms with van der Waals surface area (Å²) in [6.07, 6.45) is 2.37. The molecule has 1 saturated heterocycles. The van der Waals surface area contributed by atoms with E-state index >= 15 is 0 Å². The lowest BCUT2D eigenvalue weighted by molar-refractivity contribution is -0.120. The fourth-order valence-corrected chi connectivity index (χ4v) is 4.02. The van der Waals surface area contributed by atoms with Crippen molar-refractivity contribution in [1.82, 2.24) is 10.2 Å². The summed E-state index contributed by atoms with van der Waals surface area (Å²) in [7, 11) is 0.